The van der Waals surface area contributed by atoms with Gasteiger partial charge in [0.15, 0.2) is 0 Å². The first-order valence-corrected chi connectivity index (χ1v) is 6.58. The summed E-state index contributed by atoms with van der Waals surface area (Å²) in [5, 5.41) is 3.78. The van der Waals surface area contributed by atoms with Crippen LogP contribution in [0.5, 0.6) is 0 Å². The second kappa shape index (κ2) is 4.63. The number of ether oxygens (including phenoxy) is 1. The zero-order valence-corrected chi connectivity index (χ0v) is 10.8. The molecule has 4 unspecified atom stereocenters. The Morgan fingerprint density at radius 2 is 2.00 bits per heavy atom. The molecule has 2 rings (SSSR count). The van der Waals surface area contributed by atoms with E-state index in [9.17, 15) is 0 Å². The van der Waals surface area contributed by atoms with Crippen LogP contribution in [0.1, 0.15) is 46.0 Å². The van der Waals surface area contributed by atoms with Gasteiger partial charge in [0, 0.05) is 30.7 Å². The molecule has 0 aromatic rings. The van der Waals surface area contributed by atoms with Gasteiger partial charge in [-0.2, -0.15) is 0 Å². The molecule has 0 heterocycles. The molecule has 4 atom stereocenters. The summed E-state index contributed by atoms with van der Waals surface area (Å²) >= 11 is 0. The fourth-order valence-electron chi connectivity index (χ4n) is 3.23. The summed E-state index contributed by atoms with van der Waals surface area (Å²) in [4.78, 5) is 0. The molecular formula is C13H26N2O. The molecule has 16 heavy (non-hydrogen) atoms. The molecule has 0 amide bonds. The van der Waals surface area contributed by atoms with Gasteiger partial charge < -0.3 is 15.8 Å². The van der Waals surface area contributed by atoms with Crippen molar-refractivity contribution in [2.24, 2.45) is 11.1 Å². The van der Waals surface area contributed by atoms with Crippen LogP contribution in [-0.2, 0) is 4.74 Å². The molecule has 0 saturated heterocycles. The highest BCUT2D eigenvalue weighted by atomic mass is 16.5. The summed E-state index contributed by atoms with van der Waals surface area (Å²) in [6, 6.07) is 1.64. The molecule has 3 N–H and O–H groups in total. The summed E-state index contributed by atoms with van der Waals surface area (Å²) in [7, 11) is 1.82. The average Bonchev–Trinajstić information content (AvgIpc) is 2.23. The third-order valence-corrected chi connectivity index (χ3v) is 4.61. The van der Waals surface area contributed by atoms with Crippen LogP contribution in [0.25, 0.3) is 0 Å². The zero-order valence-electron chi connectivity index (χ0n) is 10.8. The van der Waals surface area contributed by atoms with E-state index in [1.165, 1.54) is 19.3 Å². The van der Waals surface area contributed by atoms with Gasteiger partial charge >= 0.3 is 0 Å². The Morgan fingerprint density at radius 3 is 2.56 bits per heavy atom. The Balaban J connectivity index is 1.82. The molecule has 0 aromatic heterocycles. The molecule has 3 heteroatoms. The Kier molecular flexibility index (Phi) is 3.57. The van der Waals surface area contributed by atoms with Crippen LogP contribution >= 0.6 is 0 Å². The van der Waals surface area contributed by atoms with Gasteiger partial charge in [-0.05, 0) is 25.7 Å². The van der Waals surface area contributed by atoms with Crippen LogP contribution in [0.2, 0.25) is 0 Å². The van der Waals surface area contributed by atoms with Crippen molar-refractivity contribution < 1.29 is 4.74 Å². The third kappa shape index (κ3) is 2.27. The smallest absolute Gasteiger partial charge is 0.0652 e. The Morgan fingerprint density at radius 1 is 1.25 bits per heavy atom. The molecule has 0 spiro atoms. The molecule has 0 aliphatic heterocycles. The van der Waals surface area contributed by atoms with Gasteiger partial charge in [0.25, 0.3) is 0 Å². The van der Waals surface area contributed by atoms with Gasteiger partial charge in [0.1, 0.15) is 0 Å². The van der Waals surface area contributed by atoms with Gasteiger partial charge in [0.05, 0.1) is 6.10 Å². The second-order valence-electron chi connectivity index (χ2n) is 6.12. The van der Waals surface area contributed by atoms with Crippen molar-refractivity contribution in [3.8, 4) is 0 Å². The maximum absolute atomic E-state index is 6.02. The van der Waals surface area contributed by atoms with Crippen molar-refractivity contribution in [2.45, 2.75) is 70.2 Å². The number of nitrogens with two attached hydrogens (primary N) is 1. The number of rotatable bonds is 3. The van der Waals surface area contributed by atoms with Crippen molar-refractivity contribution in [1.29, 1.82) is 0 Å². The molecule has 2 saturated carbocycles. The predicted octanol–water partition coefficient (Wildman–Crippen LogP) is 1.66. The summed E-state index contributed by atoms with van der Waals surface area (Å²) in [5.41, 5.74) is 6.29. The van der Waals surface area contributed by atoms with E-state index in [1.807, 2.05) is 7.11 Å². The van der Waals surface area contributed by atoms with E-state index in [4.69, 9.17) is 10.5 Å². The molecule has 0 radical (unpaired) electrons. The first kappa shape index (κ1) is 12.3. The van der Waals surface area contributed by atoms with Crippen LogP contribution in [0.15, 0.2) is 0 Å². The maximum Gasteiger partial charge on any atom is 0.0652 e. The average molecular weight is 226 g/mol. The molecule has 2 fully saturated rings. The monoisotopic (exact) mass is 226 g/mol. The lowest BCUT2D eigenvalue weighted by Crippen LogP contribution is -2.63. The normalized spacial score (nSPS) is 42.8. The number of nitrogens with one attached hydrogen (secondary N) is 1. The largest absolute Gasteiger partial charge is 0.381 e. The van der Waals surface area contributed by atoms with Gasteiger partial charge in [-0.1, -0.05) is 20.3 Å². The molecule has 0 bridgehead atoms. The van der Waals surface area contributed by atoms with E-state index in [-0.39, 0.29) is 5.41 Å². The Labute approximate surface area is 99.1 Å². The summed E-state index contributed by atoms with van der Waals surface area (Å²) in [5.74, 6) is 0. The van der Waals surface area contributed by atoms with E-state index in [0.717, 1.165) is 12.8 Å². The lowest BCUT2D eigenvalue weighted by Gasteiger charge is -2.53. The first-order valence-electron chi connectivity index (χ1n) is 6.58. The van der Waals surface area contributed by atoms with Crippen molar-refractivity contribution >= 4 is 0 Å². The Bertz CT molecular complexity index is 242. The number of methoxy groups -OCH3 is 1. The van der Waals surface area contributed by atoms with E-state index in [0.29, 0.717) is 24.2 Å². The van der Waals surface area contributed by atoms with E-state index in [1.54, 1.807) is 0 Å². The minimum absolute atomic E-state index is 0.274. The van der Waals surface area contributed by atoms with Gasteiger partial charge in [-0.3, -0.25) is 0 Å². The third-order valence-electron chi connectivity index (χ3n) is 4.61. The highest BCUT2D eigenvalue weighted by Crippen LogP contribution is 2.43. The van der Waals surface area contributed by atoms with Crippen LogP contribution in [0.3, 0.4) is 0 Å². The fourth-order valence-corrected chi connectivity index (χ4v) is 3.23. The number of hydrogen-bond acceptors (Lipinski definition) is 3. The van der Waals surface area contributed by atoms with Gasteiger partial charge in [-0.25, -0.2) is 0 Å². The SMILES string of the molecule is COC1CC(NC2CCCC(N)C2)C1(C)C. The topological polar surface area (TPSA) is 47.3 Å². The standard InChI is InChI=1S/C13H26N2O/c1-13(2)11(8-12(13)16-3)15-10-6-4-5-9(14)7-10/h9-12,15H,4-8,14H2,1-3H3. The van der Waals surface area contributed by atoms with Crippen molar-refractivity contribution in [3.63, 3.8) is 0 Å². The zero-order chi connectivity index (χ0) is 11.8. The second-order valence-corrected chi connectivity index (χ2v) is 6.12. The molecule has 3 nitrogen and oxygen atoms in total. The highest BCUT2D eigenvalue weighted by molar-refractivity contribution is 5.04. The summed E-state index contributed by atoms with van der Waals surface area (Å²) < 4.78 is 5.48. The van der Waals surface area contributed by atoms with Gasteiger partial charge in [-0.15, -0.1) is 0 Å². The molecule has 0 aromatic carbocycles. The molecule has 2 aliphatic rings. The summed E-state index contributed by atoms with van der Waals surface area (Å²) in [6.45, 7) is 4.59. The lowest BCUT2D eigenvalue weighted by molar-refractivity contribution is -0.101. The minimum atomic E-state index is 0.274. The Hall–Kier alpha value is -0.120. The maximum atomic E-state index is 6.02. The van der Waals surface area contributed by atoms with E-state index in [2.05, 4.69) is 19.2 Å². The highest BCUT2D eigenvalue weighted by Gasteiger charge is 2.49. The van der Waals surface area contributed by atoms with Gasteiger partial charge in [0.2, 0.25) is 0 Å². The molecule has 94 valence electrons. The van der Waals surface area contributed by atoms with Crippen LogP contribution in [0, 0.1) is 5.41 Å². The quantitative estimate of drug-likeness (QED) is 0.769. The van der Waals surface area contributed by atoms with Crippen molar-refractivity contribution in [3.05, 3.63) is 0 Å². The van der Waals surface area contributed by atoms with Crippen molar-refractivity contribution in [1.82, 2.24) is 5.32 Å². The molecular weight excluding hydrogens is 200 g/mol. The predicted molar refractivity (Wildman–Crippen MR) is 66.4 cm³/mol. The first-order chi connectivity index (χ1) is 7.54. The lowest BCUT2D eigenvalue weighted by atomic mass is 9.64. The minimum Gasteiger partial charge on any atom is -0.381 e. The number of hydrogen-bond donors (Lipinski definition) is 2. The molecule has 2 aliphatic carbocycles. The van der Waals surface area contributed by atoms with Crippen LogP contribution < -0.4 is 11.1 Å². The fraction of sp³-hybridized carbons (Fsp3) is 1.00. The summed E-state index contributed by atoms with van der Waals surface area (Å²) in [6.07, 6.45) is 6.48. The van der Waals surface area contributed by atoms with E-state index >= 15 is 0 Å². The van der Waals surface area contributed by atoms with Crippen LogP contribution in [0.4, 0.5) is 0 Å². The van der Waals surface area contributed by atoms with E-state index < -0.39 is 0 Å². The van der Waals surface area contributed by atoms with Crippen molar-refractivity contribution in [2.75, 3.05) is 7.11 Å². The van der Waals surface area contributed by atoms with Crippen LogP contribution in [-0.4, -0.2) is 31.3 Å².